The number of anilines is 4. The van der Waals surface area contributed by atoms with Crippen LogP contribution in [-0.2, 0) is 16.1 Å². The summed E-state index contributed by atoms with van der Waals surface area (Å²) in [7, 11) is 1.42. The highest BCUT2D eigenvalue weighted by molar-refractivity contribution is 5.70. The highest BCUT2D eigenvalue weighted by Gasteiger charge is 2.22. The van der Waals surface area contributed by atoms with E-state index >= 15 is 0 Å². The first-order valence-corrected chi connectivity index (χ1v) is 12.8. The van der Waals surface area contributed by atoms with Gasteiger partial charge in [0.2, 0.25) is 5.95 Å². The molecular formula is C28H31N9O2. The van der Waals surface area contributed by atoms with Crippen LogP contribution in [0.2, 0.25) is 0 Å². The first-order chi connectivity index (χ1) is 19.0. The number of aromatic nitrogens is 5. The van der Waals surface area contributed by atoms with E-state index in [2.05, 4.69) is 57.9 Å². The van der Waals surface area contributed by atoms with Gasteiger partial charge in [0.05, 0.1) is 13.5 Å². The number of rotatable bonds is 9. The number of pyridine rings is 1. The molecule has 3 N–H and O–H groups in total. The lowest BCUT2D eigenvalue weighted by molar-refractivity contribution is -0.141. The van der Waals surface area contributed by atoms with E-state index in [0.29, 0.717) is 35.5 Å². The second kappa shape index (κ2) is 12.4. The zero-order valence-electron chi connectivity index (χ0n) is 22.0. The zero-order valence-corrected chi connectivity index (χ0v) is 22.0. The Morgan fingerprint density at radius 2 is 1.85 bits per heavy atom. The molecule has 5 rings (SSSR count). The largest absolute Gasteiger partial charge is 0.469 e. The maximum absolute atomic E-state index is 11.7. The molecule has 0 aliphatic carbocycles. The Balaban J connectivity index is 1.22. The monoisotopic (exact) mass is 525 g/mol. The third-order valence-corrected chi connectivity index (χ3v) is 6.25. The standard InChI is InChI=1S/C28H31N9O2/c1-19-5-3-8-23(32-19)27-30-11-9-24(35-27)34-25-10-12-31-28(36-25)33-21-7-4-6-20(15-21)17-37-14-13-29-22(18-37)16-26(38)39-2/h3-12,15,22,29H,13-14,16-18H2,1-2H3,(H2,30,31,33,34,35,36). The van der Waals surface area contributed by atoms with Crippen LogP contribution in [0.1, 0.15) is 17.7 Å². The average Bonchev–Trinajstić information content (AvgIpc) is 2.94. The van der Waals surface area contributed by atoms with E-state index in [1.54, 1.807) is 24.5 Å². The number of ether oxygens (including phenoxy) is 1. The van der Waals surface area contributed by atoms with Crippen LogP contribution in [-0.4, -0.2) is 68.6 Å². The van der Waals surface area contributed by atoms with Gasteiger partial charge in [-0.15, -0.1) is 0 Å². The van der Waals surface area contributed by atoms with Gasteiger partial charge in [0, 0.05) is 56.0 Å². The summed E-state index contributed by atoms with van der Waals surface area (Å²) in [5.41, 5.74) is 3.66. The van der Waals surface area contributed by atoms with E-state index in [0.717, 1.165) is 43.1 Å². The predicted molar refractivity (Wildman–Crippen MR) is 149 cm³/mol. The minimum Gasteiger partial charge on any atom is -0.469 e. The van der Waals surface area contributed by atoms with Crippen molar-refractivity contribution in [3.05, 3.63) is 78.2 Å². The van der Waals surface area contributed by atoms with Crippen molar-refractivity contribution in [2.75, 3.05) is 37.4 Å². The highest BCUT2D eigenvalue weighted by Crippen LogP contribution is 2.20. The lowest BCUT2D eigenvalue weighted by Gasteiger charge is -2.33. The molecule has 1 atom stereocenters. The van der Waals surface area contributed by atoms with Crippen molar-refractivity contribution in [3.63, 3.8) is 0 Å². The highest BCUT2D eigenvalue weighted by atomic mass is 16.5. The average molecular weight is 526 g/mol. The molecule has 11 nitrogen and oxygen atoms in total. The molecule has 4 heterocycles. The summed E-state index contributed by atoms with van der Waals surface area (Å²) in [6.07, 6.45) is 3.75. The van der Waals surface area contributed by atoms with E-state index in [-0.39, 0.29) is 12.0 Å². The molecule has 11 heteroatoms. The van der Waals surface area contributed by atoms with Crippen molar-refractivity contribution in [2.24, 2.45) is 0 Å². The number of carbonyl (C=O) groups is 1. The molecule has 1 aliphatic rings. The molecule has 1 saturated heterocycles. The van der Waals surface area contributed by atoms with Gasteiger partial charge in [-0.05, 0) is 48.9 Å². The van der Waals surface area contributed by atoms with Gasteiger partial charge < -0.3 is 20.7 Å². The Morgan fingerprint density at radius 1 is 1.03 bits per heavy atom. The quantitative estimate of drug-likeness (QED) is 0.278. The van der Waals surface area contributed by atoms with Crippen LogP contribution in [0.15, 0.2) is 67.0 Å². The number of nitrogens with zero attached hydrogens (tertiary/aromatic N) is 6. The fourth-order valence-electron chi connectivity index (χ4n) is 4.43. The minimum atomic E-state index is -0.194. The number of aryl methyl sites for hydroxylation is 1. The molecule has 39 heavy (non-hydrogen) atoms. The normalized spacial score (nSPS) is 15.5. The maximum Gasteiger partial charge on any atom is 0.307 e. The van der Waals surface area contributed by atoms with E-state index < -0.39 is 0 Å². The van der Waals surface area contributed by atoms with Crippen LogP contribution in [0.4, 0.5) is 23.3 Å². The minimum absolute atomic E-state index is 0.0928. The molecule has 1 unspecified atom stereocenters. The molecule has 1 aliphatic heterocycles. The Kier molecular flexibility index (Phi) is 8.29. The number of piperazine rings is 1. The van der Waals surface area contributed by atoms with Gasteiger partial charge in [0.25, 0.3) is 0 Å². The number of esters is 1. The van der Waals surface area contributed by atoms with Crippen molar-refractivity contribution in [1.82, 2.24) is 35.1 Å². The SMILES string of the molecule is COC(=O)CC1CN(Cc2cccc(Nc3nccc(Nc4ccnc(-c5cccc(C)n5)n4)n3)c2)CCN1. The topological polar surface area (TPSA) is 130 Å². The second-order valence-electron chi connectivity index (χ2n) is 9.31. The van der Waals surface area contributed by atoms with Gasteiger partial charge in [-0.25, -0.2) is 19.9 Å². The molecule has 1 aromatic carbocycles. The van der Waals surface area contributed by atoms with Gasteiger partial charge >= 0.3 is 5.97 Å². The molecule has 0 saturated carbocycles. The van der Waals surface area contributed by atoms with Crippen LogP contribution in [0, 0.1) is 6.92 Å². The summed E-state index contributed by atoms with van der Waals surface area (Å²) < 4.78 is 4.82. The molecule has 4 aromatic rings. The van der Waals surface area contributed by atoms with Crippen molar-refractivity contribution < 1.29 is 9.53 Å². The van der Waals surface area contributed by atoms with E-state index in [1.807, 2.05) is 37.3 Å². The fourth-order valence-corrected chi connectivity index (χ4v) is 4.43. The number of methoxy groups -OCH3 is 1. The molecule has 1 fully saturated rings. The van der Waals surface area contributed by atoms with Gasteiger partial charge in [-0.3, -0.25) is 9.69 Å². The first kappa shape index (κ1) is 26.1. The van der Waals surface area contributed by atoms with Gasteiger partial charge in [0.1, 0.15) is 17.3 Å². The van der Waals surface area contributed by atoms with Crippen LogP contribution >= 0.6 is 0 Å². The van der Waals surface area contributed by atoms with Gasteiger partial charge in [-0.1, -0.05) is 18.2 Å². The fraction of sp³-hybridized carbons (Fsp3) is 0.286. The molecule has 0 spiro atoms. The van der Waals surface area contributed by atoms with Gasteiger partial charge in [0.15, 0.2) is 5.82 Å². The Bertz CT molecular complexity index is 1430. The summed E-state index contributed by atoms with van der Waals surface area (Å²) in [5.74, 6) is 2.02. The Labute approximate surface area is 227 Å². The summed E-state index contributed by atoms with van der Waals surface area (Å²) in [5, 5.41) is 9.92. The van der Waals surface area contributed by atoms with Crippen LogP contribution in [0.25, 0.3) is 11.5 Å². The number of nitrogens with one attached hydrogen (secondary N) is 3. The summed E-state index contributed by atoms with van der Waals surface area (Å²) in [6.45, 7) is 5.25. The zero-order chi connectivity index (χ0) is 27.0. The molecule has 0 amide bonds. The van der Waals surface area contributed by atoms with E-state index in [9.17, 15) is 4.79 Å². The third kappa shape index (κ3) is 7.30. The lowest BCUT2D eigenvalue weighted by Crippen LogP contribution is -2.51. The van der Waals surface area contributed by atoms with E-state index in [1.165, 1.54) is 7.11 Å². The van der Waals surface area contributed by atoms with Crippen molar-refractivity contribution >= 4 is 29.2 Å². The summed E-state index contributed by atoms with van der Waals surface area (Å²) in [4.78, 5) is 36.4. The first-order valence-electron chi connectivity index (χ1n) is 12.8. The number of hydrogen-bond acceptors (Lipinski definition) is 11. The van der Waals surface area contributed by atoms with Crippen molar-refractivity contribution in [2.45, 2.75) is 25.9 Å². The second-order valence-corrected chi connectivity index (χ2v) is 9.31. The molecule has 0 bridgehead atoms. The van der Waals surface area contributed by atoms with Crippen molar-refractivity contribution in [3.8, 4) is 11.5 Å². The summed E-state index contributed by atoms with van der Waals surface area (Å²) >= 11 is 0. The molecule has 3 aromatic heterocycles. The molecule has 0 radical (unpaired) electrons. The van der Waals surface area contributed by atoms with E-state index in [4.69, 9.17) is 4.74 Å². The Hall–Kier alpha value is -4.48. The summed E-state index contributed by atoms with van der Waals surface area (Å²) in [6, 6.07) is 17.6. The number of carbonyl (C=O) groups excluding carboxylic acids is 1. The maximum atomic E-state index is 11.7. The predicted octanol–water partition coefficient (Wildman–Crippen LogP) is 3.46. The third-order valence-electron chi connectivity index (χ3n) is 6.25. The number of benzene rings is 1. The molecular weight excluding hydrogens is 494 g/mol. The van der Waals surface area contributed by atoms with Crippen molar-refractivity contribution in [1.29, 1.82) is 0 Å². The van der Waals surface area contributed by atoms with Crippen LogP contribution in [0.5, 0.6) is 0 Å². The Morgan fingerprint density at radius 3 is 2.69 bits per heavy atom. The van der Waals surface area contributed by atoms with Crippen LogP contribution in [0.3, 0.4) is 0 Å². The van der Waals surface area contributed by atoms with Crippen LogP contribution < -0.4 is 16.0 Å². The smallest absolute Gasteiger partial charge is 0.307 e. The van der Waals surface area contributed by atoms with Gasteiger partial charge in [-0.2, -0.15) is 4.98 Å². The lowest BCUT2D eigenvalue weighted by atomic mass is 10.1. The number of hydrogen-bond donors (Lipinski definition) is 3. The molecule has 200 valence electrons.